The molecule has 0 spiro atoms. The van der Waals surface area contributed by atoms with Gasteiger partial charge in [0.25, 0.3) is 0 Å². The lowest BCUT2D eigenvalue weighted by Crippen LogP contribution is -2.30. The monoisotopic (exact) mass is 308 g/mol. The Morgan fingerprint density at radius 3 is 2.71 bits per heavy atom. The number of hydrogen-bond acceptors (Lipinski definition) is 3. The molecule has 1 aromatic carbocycles. The second-order valence-electron chi connectivity index (χ2n) is 5.63. The number of rotatable bonds is 6. The summed E-state index contributed by atoms with van der Waals surface area (Å²) >= 11 is 0. The normalized spacial score (nSPS) is 20.6. The Labute approximate surface area is 128 Å². The molecule has 1 heterocycles. The summed E-state index contributed by atoms with van der Waals surface area (Å²) in [6.45, 7) is 5.34. The largest absolute Gasteiger partial charge is 0.306 e. The maximum absolute atomic E-state index is 12.3. The van der Waals surface area contributed by atoms with E-state index in [1.165, 1.54) is 5.41 Å². The van der Waals surface area contributed by atoms with E-state index in [0.29, 0.717) is 19.0 Å². The van der Waals surface area contributed by atoms with Gasteiger partial charge in [0, 0.05) is 25.0 Å². The lowest BCUT2D eigenvalue weighted by molar-refractivity contribution is 0.293. The lowest BCUT2D eigenvalue weighted by Gasteiger charge is -2.19. The Kier molecular flexibility index (Phi) is 5.56. The van der Waals surface area contributed by atoms with Crippen molar-refractivity contribution in [3.05, 3.63) is 41.3 Å². The van der Waals surface area contributed by atoms with Crippen molar-refractivity contribution in [2.45, 2.75) is 13.3 Å². The van der Waals surface area contributed by atoms with Gasteiger partial charge in [-0.2, -0.15) is 4.31 Å². The molecule has 1 atom stereocenters. The van der Waals surface area contributed by atoms with Gasteiger partial charge in [-0.25, -0.2) is 8.42 Å². The van der Waals surface area contributed by atoms with Crippen LogP contribution in [0.15, 0.2) is 35.7 Å². The van der Waals surface area contributed by atoms with E-state index in [1.54, 1.807) is 10.4 Å². The van der Waals surface area contributed by atoms with Crippen molar-refractivity contribution in [2.75, 3.05) is 33.2 Å². The summed E-state index contributed by atoms with van der Waals surface area (Å²) < 4.78 is 26.3. The Morgan fingerprint density at radius 1 is 1.33 bits per heavy atom. The highest BCUT2D eigenvalue weighted by Gasteiger charge is 2.30. The zero-order valence-electron chi connectivity index (χ0n) is 12.8. The standard InChI is InChI=1S/C16H24N2O2S/c1-3-17(2)13-16-9-11-18(14-16)21(19,20)12-10-15-7-5-4-6-8-15/h4-8,10,12,16H,3,9,11,13-14H2,1-2H3/b12-10+. The molecule has 21 heavy (non-hydrogen) atoms. The predicted molar refractivity (Wildman–Crippen MR) is 87.2 cm³/mol. The van der Waals surface area contributed by atoms with Gasteiger partial charge < -0.3 is 4.90 Å². The van der Waals surface area contributed by atoms with Crippen molar-refractivity contribution < 1.29 is 8.42 Å². The van der Waals surface area contributed by atoms with Crippen molar-refractivity contribution in [3.63, 3.8) is 0 Å². The van der Waals surface area contributed by atoms with Crippen LogP contribution in [-0.2, 0) is 10.0 Å². The van der Waals surface area contributed by atoms with Gasteiger partial charge in [0.1, 0.15) is 0 Å². The van der Waals surface area contributed by atoms with Crippen molar-refractivity contribution in [1.82, 2.24) is 9.21 Å². The third-order valence-electron chi connectivity index (χ3n) is 3.95. The van der Waals surface area contributed by atoms with Gasteiger partial charge in [-0.3, -0.25) is 0 Å². The molecular weight excluding hydrogens is 284 g/mol. The maximum Gasteiger partial charge on any atom is 0.236 e. The SMILES string of the molecule is CCN(C)CC1CCN(S(=O)(=O)/C=C/c2ccccc2)C1. The minimum absolute atomic E-state index is 0.440. The third kappa shape index (κ3) is 4.66. The molecule has 1 fully saturated rings. The van der Waals surface area contributed by atoms with E-state index in [-0.39, 0.29) is 0 Å². The molecule has 0 saturated carbocycles. The van der Waals surface area contributed by atoms with Crippen LogP contribution in [0, 0.1) is 5.92 Å². The summed E-state index contributed by atoms with van der Waals surface area (Å²) in [4.78, 5) is 2.24. The van der Waals surface area contributed by atoms with Crippen LogP contribution in [0.3, 0.4) is 0 Å². The smallest absolute Gasteiger partial charge is 0.236 e. The average molecular weight is 308 g/mol. The molecule has 0 aromatic heterocycles. The van der Waals surface area contributed by atoms with Gasteiger partial charge in [-0.1, -0.05) is 37.3 Å². The Hall–Kier alpha value is -1.17. The van der Waals surface area contributed by atoms with E-state index >= 15 is 0 Å². The molecule has 5 heteroatoms. The zero-order valence-corrected chi connectivity index (χ0v) is 13.6. The average Bonchev–Trinajstić information content (AvgIpc) is 2.95. The van der Waals surface area contributed by atoms with Crippen LogP contribution in [0.2, 0.25) is 0 Å². The van der Waals surface area contributed by atoms with Crippen LogP contribution < -0.4 is 0 Å². The molecule has 1 aromatic rings. The molecule has 0 bridgehead atoms. The molecule has 116 valence electrons. The summed E-state index contributed by atoms with van der Waals surface area (Å²) in [5.41, 5.74) is 0.905. The topological polar surface area (TPSA) is 40.6 Å². The van der Waals surface area contributed by atoms with Gasteiger partial charge in [-0.15, -0.1) is 0 Å². The third-order valence-corrected chi connectivity index (χ3v) is 5.48. The molecule has 0 aliphatic carbocycles. The number of nitrogens with zero attached hydrogens (tertiary/aromatic N) is 2. The summed E-state index contributed by atoms with van der Waals surface area (Å²) in [6, 6.07) is 9.52. The summed E-state index contributed by atoms with van der Waals surface area (Å²) in [5, 5.41) is 1.33. The predicted octanol–water partition coefficient (Wildman–Crippen LogP) is 2.26. The first-order valence-corrected chi connectivity index (χ1v) is 8.93. The minimum Gasteiger partial charge on any atom is -0.306 e. The van der Waals surface area contributed by atoms with Gasteiger partial charge in [0.2, 0.25) is 10.0 Å². The molecule has 1 aliphatic rings. The second kappa shape index (κ2) is 7.20. The van der Waals surface area contributed by atoms with Crippen LogP contribution in [-0.4, -0.2) is 50.8 Å². The van der Waals surface area contributed by atoms with Crippen LogP contribution in [0.25, 0.3) is 6.08 Å². The van der Waals surface area contributed by atoms with E-state index < -0.39 is 10.0 Å². The quantitative estimate of drug-likeness (QED) is 0.809. The van der Waals surface area contributed by atoms with Gasteiger partial charge in [0.15, 0.2) is 0 Å². The first-order chi connectivity index (χ1) is 10.0. The highest BCUT2D eigenvalue weighted by Crippen LogP contribution is 2.21. The highest BCUT2D eigenvalue weighted by atomic mass is 32.2. The molecule has 0 amide bonds. The molecule has 4 nitrogen and oxygen atoms in total. The van der Waals surface area contributed by atoms with E-state index in [4.69, 9.17) is 0 Å². The van der Waals surface area contributed by atoms with Gasteiger partial charge >= 0.3 is 0 Å². The van der Waals surface area contributed by atoms with Crippen LogP contribution in [0.1, 0.15) is 18.9 Å². The van der Waals surface area contributed by atoms with Crippen molar-refractivity contribution in [3.8, 4) is 0 Å². The molecule has 1 aliphatic heterocycles. The molecule has 1 unspecified atom stereocenters. The van der Waals surface area contributed by atoms with Gasteiger partial charge in [-0.05, 0) is 37.6 Å². The minimum atomic E-state index is -3.30. The highest BCUT2D eigenvalue weighted by molar-refractivity contribution is 7.92. The van der Waals surface area contributed by atoms with Crippen molar-refractivity contribution in [2.24, 2.45) is 5.92 Å². The fourth-order valence-electron chi connectivity index (χ4n) is 2.56. The molecular formula is C16H24N2O2S. The van der Waals surface area contributed by atoms with E-state index in [1.807, 2.05) is 30.3 Å². The van der Waals surface area contributed by atoms with Crippen molar-refractivity contribution >= 4 is 16.1 Å². The Morgan fingerprint density at radius 2 is 2.05 bits per heavy atom. The second-order valence-corrected chi connectivity index (χ2v) is 7.44. The zero-order chi connectivity index (χ0) is 15.3. The fraction of sp³-hybridized carbons (Fsp3) is 0.500. The van der Waals surface area contributed by atoms with E-state index in [2.05, 4.69) is 18.9 Å². The number of hydrogen-bond donors (Lipinski definition) is 0. The first kappa shape index (κ1) is 16.2. The molecule has 0 radical (unpaired) electrons. The fourth-order valence-corrected chi connectivity index (χ4v) is 3.84. The lowest BCUT2D eigenvalue weighted by atomic mass is 10.1. The maximum atomic E-state index is 12.3. The number of benzene rings is 1. The number of sulfonamides is 1. The van der Waals surface area contributed by atoms with Crippen LogP contribution in [0.5, 0.6) is 0 Å². The molecule has 2 rings (SSSR count). The summed E-state index contributed by atoms with van der Waals surface area (Å²) in [6.07, 6.45) is 2.61. The summed E-state index contributed by atoms with van der Waals surface area (Å²) in [7, 11) is -1.22. The first-order valence-electron chi connectivity index (χ1n) is 7.43. The Bertz CT molecular complexity index is 569. The molecule has 1 saturated heterocycles. The Balaban J connectivity index is 1.96. The van der Waals surface area contributed by atoms with Crippen LogP contribution >= 0.6 is 0 Å². The van der Waals surface area contributed by atoms with Crippen molar-refractivity contribution in [1.29, 1.82) is 0 Å². The summed E-state index contributed by atoms with van der Waals surface area (Å²) in [5.74, 6) is 0.440. The van der Waals surface area contributed by atoms with Gasteiger partial charge in [0.05, 0.1) is 0 Å². The van der Waals surface area contributed by atoms with E-state index in [0.717, 1.165) is 25.1 Å². The van der Waals surface area contributed by atoms with E-state index in [9.17, 15) is 8.42 Å². The van der Waals surface area contributed by atoms with Crippen LogP contribution in [0.4, 0.5) is 0 Å². The molecule has 0 N–H and O–H groups in total.